The SMILES string of the molecule is CC1=NC(S(=O)(=O)N2CCc3c(ccc(Cl)c3NC(=O)Cc3ccc(C(F)(F)F)c(F)c3)C2)=CC1C. The molecule has 2 aromatic carbocycles. The Morgan fingerprint density at radius 3 is 2.58 bits per heavy atom. The van der Waals surface area contributed by atoms with Gasteiger partial charge in [0, 0.05) is 24.7 Å². The zero-order chi connectivity index (χ0) is 26.4. The third-order valence-electron chi connectivity index (χ3n) is 6.23. The quantitative estimate of drug-likeness (QED) is 0.519. The molecule has 2 heterocycles. The van der Waals surface area contributed by atoms with E-state index in [9.17, 15) is 30.8 Å². The van der Waals surface area contributed by atoms with Gasteiger partial charge in [-0.05, 0) is 54.3 Å². The number of rotatable bonds is 5. The van der Waals surface area contributed by atoms with Crippen LogP contribution < -0.4 is 5.32 Å². The molecule has 0 radical (unpaired) electrons. The van der Waals surface area contributed by atoms with Crippen molar-refractivity contribution in [1.29, 1.82) is 0 Å². The van der Waals surface area contributed by atoms with Crippen LogP contribution in [0.5, 0.6) is 0 Å². The zero-order valence-corrected chi connectivity index (χ0v) is 20.9. The van der Waals surface area contributed by atoms with Crippen LogP contribution in [0.2, 0.25) is 5.02 Å². The number of anilines is 1. The van der Waals surface area contributed by atoms with E-state index in [1.807, 2.05) is 6.92 Å². The Bertz CT molecular complexity index is 1400. The second kappa shape index (κ2) is 9.60. The number of allylic oxidation sites excluding steroid dienone is 1. The highest BCUT2D eigenvalue weighted by molar-refractivity contribution is 7.93. The molecule has 1 N–H and O–H groups in total. The van der Waals surface area contributed by atoms with Crippen LogP contribution in [0.25, 0.3) is 0 Å². The first-order valence-corrected chi connectivity index (χ1v) is 12.8. The first-order valence-electron chi connectivity index (χ1n) is 11.0. The van der Waals surface area contributed by atoms with Gasteiger partial charge in [-0.15, -0.1) is 0 Å². The standard InChI is InChI=1S/C24H22ClF4N3O3S/c1-13-9-22(30-14(13)2)36(34,35)32-8-7-17-16(12-32)4-6-19(25)23(17)31-21(33)11-15-3-5-18(20(26)10-15)24(27,28)29/h3-6,9-10,13H,7-8,11-12H2,1-2H3,(H,31,33). The lowest BCUT2D eigenvalue weighted by molar-refractivity contribution is -0.140. The van der Waals surface area contributed by atoms with E-state index in [4.69, 9.17) is 11.6 Å². The molecule has 192 valence electrons. The molecule has 12 heteroatoms. The summed E-state index contributed by atoms with van der Waals surface area (Å²) >= 11 is 6.31. The summed E-state index contributed by atoms with van der Waals surface area (Å²) in [6, 6.07) is 5.52. The lowest BCUT2D eigenvalue weighted by Gasteiger charge is -2.29. The second-order valence-electron chi connectivity index (χ2n) is 8.73. The van der Waals surface area contributed by atoms with Crippen LogP contribution in [0.3, 0.4) is 0 Å². The van der Waals surface area contributed by atoms with Gasteiger partial charge in [0.1, 0.15) is 5.82 Å². The first kappa shape index (κ1) is 26.3. The number of hydrogen-bond acceptors (Lipinski definition) is 4. The molecule has 2 aliphatic heterocycles. The third-order valence-corrected chi connectivity index (χ3v) is 8.29. The van der Waals surface area contributed by atoms with Gasteiger partial charge in [0.2, 0.25) is 5.91 Å². The molecule has 0 spiro atoms. The number of alkyl halides is 3. The summed E-state index contributed by atoms with van der Waals surface area (Å²) in [5.74, 6) is -2.13. The predicted octanol–water partition coefficient (Wildman–Crippen LogP) is 5.32. The first-order chi connectivity index (χ1) is 16.8. The third kappa shape index (κ3) is 5.18. The average Bonchev–Trinajstić information content (AvgIpc) is 3.13. The number of carbonyl (C=O) groups is 1. The zero-order valence-electron chi connectivity index (χ0n) is 19.3. The summed E-state index contributed by atoms with van der Waals surface area (Å²) < 4.78 is 79.7. The average molecular weight is 544 g/mol. The van der Waals surface area contributed by atoms with Crippen LogP contribution in [-0.2, 0) is 40.4 Å². The van der Waals surface area contributed by atoms with Gasteiger partial charge in [-0.3, -0.25) is 4.79 Å². The van der Waals surface area contributed by atoms with E-state index in [2.05, 4.69) is 10.3 Å². The normalized spacial score (nSPS) is 18.5. The Morgan fingerprint density at radius 2 is 1.97 bits per heavy atom. The Balaban J connectivity index is 1.52. The van der Waals surface area contributed by atoms with Crippen molar-refractivity contribution in [3.63, 3.8) is 0 Å². The molecular weight excluding hydrogens is 522 g/mol. The van der Waals surface area contributed by atoms with Crippen LogP contribution >= 0.6 is 11.6 Å². The molecule has 0 fully saturated rings. The molecule has 1 atom stereocenters. The van der Waals surface area contributed by atoms with Crippen molar-refractivity contribution in [2.75, 3.05) is 11.9 Å². The number of hydrogen-bond donors (Lipinski definition) is 1. The molecule has 1 unspecified atom stereocenters. The van der Waals surface area contributed by atoms with E-state index >= 15 is 0 Å². The van der Waals surface area contributed by atoms with Gasteiger partial charge in [0.15, 0.2) is 5.03 Å². The molecular formula is C24H22ClF4N3O3S. The number of nitrogens with one attached hydrogen (secondary N) is 1. The molecule has 0 bridgehead atoms. The summed E-state index contributed by atoms with van der Waals surface area (Å²) in [4.78, 5) is 16.8. The maximum atomic E-state index is 13.9. The molecule has 0 aromatic heterocycles. The van der Waals surface area contributed by atoms with Crippen LogP contribution in [0.1, 0.15) is 36.1 Å². The minimum Gasteiger partial charge on any atom is -0.324 e. The van der Waals surface area contributed by atoms with Crippen LogP contribution in [0.4, 0.5) is 23.2 Å². The summed E-state index contributed by atoms with van der Waals surface area (Å²) in [6.45, 7) is 3.83. The molecule has 0 aliphatic carbocycles. The fourth-order valence-electron chi connectivity index (χ4n) is 4.13. The lowest BCUT2D eigenvalue weighted by atomic mass is 9.98. The summed E-state index contributed by atoms with van der Waals surface area (Å²) in [7, 11) is -3.80. The van der Waals surface area contributed by atoms with Crippen molar-refractivity contribution in [3.8, 4) is 0 Å². The molecule has 1 amide bonds. The van der Waals surface area contributed by atoms with Crippen molar-refractivity contribution in [1.82, 2.24) is 4.31 Å². The maximum absolute atomic E-state index is 13.9. The van der Waals surface area contributed by atoms with Crippen LogP contribution in [-0.4, -0.2) is 30.9 Å². The highest BCUT2D eigenvalue weighted by Gasteiger charge is 2.35. The van der Waals surface area contributed by atoms with Crippen molar-refractivity contribution < 1.29 is 30.8 Å². The summed E-state index contributed by atoms with van der Waals surface area (Å²) in [6.07, 6.45) is -3.33. The fourth-order valence-corrected chi connectivity index (χ4v) is 5.90. The van der Waals surface area contributed by atoms with Crippen LogP contribution in [0, 0.1) is 11.7 Å². The van der Waals surface area contributed by atoms with E-state index < -0.39 is 33.5 Å². The Morgan fingerprint density at radius 1 is 1.25 bits per heavy atom. The van der Waals surface area contributed by atoms with Gasteiger partial charge in [0.05, 0.1) is 22.7 Å². The molecule has 36 heavy (non-hydrogen) atoms. The van der Waals surface area contributed by atoms with E-state index in [0.717, 1.165) is 11.8 Å². The number of nitrogens with zero attached hydrogens (tertiary/aromatic N) is 2. The number of sulfonamides is 1. The van der Waals surface area contributed by atoms with E-state index in [1.165, 1.54) is 10.4 Å². The maximum Gasteiger partial charge on any atom is 0.419 e. The van der Waals surface area contributed by atoms with Gasteiger partial charge < -0.3 is 5.32 Å². The lowest BCUT2D eigenvalue weighted by Crippen LogP contribution is -2.36. The van der Waals surface area contributed by atoms with E-state index in [0.29, 0.717) is 28.9 Å². The predicted molar refractivity (Wildman–Crippen MR) is 129 cm³/mol. The number of amides is 1. The highest BCUT2D eigenvalue weighted by atomic mass is 35.5. The number of carbonyl (C=O) groups excluding carboxylic acids is 1. The number of benzene rings is 2. The van der Waals surface area contributed by atoms with Crippen molar-refractivity contribution in [2.45, 2.75) is 39.4 Å². The molecule has 0 saturated carbocycles. The number of aliphatic imine (C=N–C) groups is 1. The largest absolute Gasteiger partial charge is 0.419 e. The minimum absolute atomic E-state index is 0.0159. The molecule has 0 saturated heterocycles. The Hall–Kier alpha value is -2.76. The highest BCUT2D eigenvalue weighted by Crippen LogP contribution is 2.36. The monoisotopic (exact) mass is 543 g/mol. The van der Waals surface area contributed by atoms with Crippen molar-refractivity contribution >= 4 is 38.9 Å². The smallest absolute Gasteiger partial charge is 0.324 e. The molecule has 6 nitrogen and oxygen atoms in total. The van der Waals surface area contributed by atoms with Crippen LogP contribution in [0.15, 0.2) is 46.4 Å². The second-order valence-corrected chi connectivity index (χ2v) is 11.0. The fraction of sp³-hybridized carbons (Fsp3) is 0.333. The summed E-state index contributed by atoms with van der Waals surface area (Å²) in [5.41, 5.74) is 0.981. The number of halogens is 5. The Kier molecular flexibility index (Phi) is 7.02. The number of fused-ring (bicyclic) bond motifs is 1. The van der Waals surface area contributed by atoms with Gasteiger partial charge in [-0.25, -0.2) is 17.8 Å². The Labute approximate surface area is 210 Å². The van der Waals surface area contributed by atoms with Gasteiger partial charge in [-0.2, -0.15) is 17.5 Å². The molecule has 2 aliphatic rings. The van der Waals surface area contributed by atoms with Crippen molar-refractivity contribution in [2.24, 2.45) is 10.9 Å². The minimum atomic E-state index is -4.83. The summed E-state index contributed by atoms with van der Waals surface area (Å²) in [5, 5.41) is 2.90. The molecule has 2 aromatic rings. The topological polar surface area (TPSA) is 78.8 Å². The van der Waals surface area contributed by atoms with Gasteiger partial charge >= 0.3 is 6.18 Å². The van der Waals surface area contributed by atoms with Crippen molar-refractivity contribution in [3.05, 3.63) is 74.5 Å². The van der Waals surface area contributed by atoms with E-state index in [1.54, 1.807) is 19.1 Å². The van der Waals surface area contributed by atoms with Gasteiger partial charge in [0.25, 0.3) is 10.0 Å². The van der Waals surface area contributed by atoms with Gasteiger partial charge in [-0.1, -0.05) is 30.7 Å². The van der Waals surface area contributed by atoms with E-state index in [-0.39, 0.29) is 47.5 Å². The molecule has 4 rings (SSSR count).